The molecule has 0 aromatic carbocycles. The van der Waals surface area contributed by atoms with Crippen LogP contribution in [-0.4, -0.2) is 26.8 Å². The van der Waals surface area contributed by atoms with Crippen LogP contribution in [0.15, 0.2) is 12.7 Å². The Balaban J connectivity index is 3.99. The van der Waals surface area contributed by atoms with Gasteiger partial charge in [-0.05, 0) is 19.9 Å². The molecule has 0 aromatic heterocycles. The van der Waals surface area contributed by atoms with Gasteiger partial charge < -0.3 is 5.32 Å². The standard InChI is InChI=1S/C7H13NO4S/c1-4-6(9)8-7(2,3)5-12-13(10)11/h4H,1,5H2,2-3H3,(H,8,9)(H,10,11). The summed E-state index contributed by atoms with van der Waals surface area (Å²) < 4.78 is 22.9. The summed E-state index contributed by atoms with van der Waals surface area (Å²) in [6.07, 6.45) is 1.12. The maximum absolute atomic E-state index is 10.8. The van der Waals surface area contributed by atoms with Gasteiger partial charge in [-0.1, -0.05) is 6.58 Å². The molecule has 0 spiro atoms. The second-order valence-corrected chi connectivity index (χ2v) is 3.73. The number of carbonyl (C=O) groups is 1. The zero-order chi connectivity index (χ0) is 10.5. The van der Waals surface area contributed by atoms with Gasteiger partial charge in [0.25, 0.3) is 0 Å². The summed E-state index contributed by atoms with van der Waals surface area (Å²) in [5, 5.41) is 2.53. The zero-order valence-corrected chi connectivity index (χ0v) is 8.39. The molecule has 0 heterocycles. The van der Waals surface area contributed by atoms with Crippen LogP contribution in [0, 0.1) is 0 Å². The first-order valence-electron chi connectivity index (χ1n) is 3.56. The van der Waals surface area contributed by atoms with Crippen molar-refractivity contribution in [3.8, 4) is 0 Å². The summed E-state index contributed by atoms with van der Waals surface area (Å²) in [5.74, 6) is -0.350. The van der Waals surface area contributed by atoms with E-state index in [9.17, 15) is 9.00 Å². The highest BCUT2D eigenvalue weighted by atomic mass is 32.2. The summed E-state index contributed by atoms with van der Waals surface area (Å²) in [7, 11) is 0. The Bertz CT molecular complexity index is 227. The molecule has 76 valence electrons. The quantitative estimate of drug-likeness (QED) is 0.499. The molecule has 0 aromatic rings. The highest BCUT2D eigenvalue weighted by Crippen LogP contribution is 2.03. The highest BCUT2D eigenvalue weighted by Gasteiger charge is 2.20. The van der Waals surface area contributed by atoms with Crippen LogP contribution in [0.4, 0.5) is 0 Å². The SMILES string of the molecule is C=CC(=O)NC(C)(C)COS(=O)O. The summed E-state index contributed by atoms with van der Waals surface area (Å²) in [6.45, 7) is 6.57. The van der Waals surface area contributed by atoms with Crippen LogP contribution in [-0.2, 0) is 20.3 Å². The number of hydrogen-bond acceptors (Lipinski definition) is 3. The Labute approximate surface area is 79.7 Å². The number of hydrogen-bond donors (Lipinski definition) is 2. The molecule has 6 heteroatoms. The van der Waals surface area contributed by atoms with Crippen molar-refractivity contribution in [1.82, 2.24) is 5.32 Å². The highest BCUT2D eigenvalue weighted by molar-refractivity contribution is 7.74. The third-order valence-corrected chi connectivity index (χ3v) is 1.49. The minimum absolute atomic E-state index is 0.0459. The molecule has 0 aliphatic rings. The van der Waals surface area contributed by atoms with Crippen molar-refractivity contribution in [1.29, 1.82) is 0 Å². The van der Waals surface area contributed by atoms with Gasteiger partial charge in [-0.15, -0.1) is 0 Å². The van der Waals surface area contributed by atoms with Gasteiger partial charge in [0.1, 0.15) is 0 Å². The van der Waals surface area contributed by atoms with Gasteiger partial charge in [-0.3, -0.25) is 13.5 Å². The normalized spacial score (nSPS) is 13.5. The van der Waals surface area contributed by atoms with Gasteiger partial charge in [0.15, 0.2) is 0 Å². The monoisotopic (exact) mass is 207 g/mol. The third kappa shape index (κ3) is 6.44. The second-order valence-electron chi connectivity index (χ2n) is 3.06. The lowest BCUT2D eigenvalue weighted by atomic mass is 10.1. The Morgan fingerprint density at radius 3 is 2.69 bits per heavy atom. The Morgan fingerprint density at radius 1 is 1.77 bits per heavy atom. The smallest absolute Gasteiger partial charge is 0.301 e. The average molecular weight is 207 g/mol. The van der Waals surface area contributed by atoms with Gasteiger partial charge >= 0.3 is 11.4 Å². The maximum Gasteiger partial charge on any atom is 0.301 e. The van der Waals surface area contributed by atoms with Crippen LogP contribution in [0.25, 0.3) is 0 Å². The predicted molar refractivity (Wildman–Crippen MR) is 49.1 cm³/mol. The van der Waals surface area contributed by atoms with Crippen molar-refractivity contribution in [2.45, 2.75) is 19.4 Å². The predicted octanol–water partition coefficient (Wildman–Crippen LogP) is 0.221. The number of amides is 1. The molecular formula is C7H13NO4S. The first-order chi connectivity index (χ1) is 5.87. The van der Waals surface area contributed by atoms with Crippen LogP contribution in [0.3, 0.4) is 0 Å². The molecule has 0 saturated carbocycles. The molecule has 2 N–H and O–H groups in total. The number of rotatable bonds is 5. The van der Waals surface area contributed by atoms with E-state index in [-0.39, 0.29) is 12.5 Å². The summed E-state index contributed by atoms with van der Waals surface area (Å²) in [4.78, 5) is 10.8. The van der Waals surface area contributed by atoms with E-state index in [0.717, 1.165) is 6.08 Å². The van der Waals surface area contributed by atoms with Gasteiger partial charge in [0, 0.05) is 0 Å². The van der Waals surface area contributed by atoms with E-state index in [0.29, 0.717) is 0 Å². The van der Waals surface area contributed by atoms with Gasteiger partial charge in [0.05, 0.1) is 12.1 Å². The second kappa shape index (κ2) is 5.11. The van der Waals surface area contributed by atoms with Crippen molar-refractivity contribution >= 4 is 17.3 Å². The fourth-order valence-corrected chi connectivity index (χ4v) is 1.01. The van der Waals surface area contributed by atoms with E-state index < -0.39 is 16.9 Å². The maximum atomic E-state index is 10.8. The van der Waals surface area contributed by atoms with Crippen LogP contribution in [0.1, 0.15) is 13.8 Å². The minimum atomic E-state index is -2.31. The molecule has 0 aliphatic carbocycles. The lowest BCUT2D eigenvalue weighted by molar-refractivity contribution is -0.118. The lowest BCUT2D eigenvalue weighted by Gasteiger charge is -2.23. The largest absolute Gasteiger partial charge is 0.345 e. The molecule has 0 rings (SSSR count). The van der Waals surface area contributed by atoms with Crippen LogP contribution < -0.4 is 5.32 Å². The van der Waals surface area contributed by atoms with E-state index in [1.165, 1.54) is 0 Å². The van der Waals surface area contributed by atoms with E-state index in [1.54, 1.807) is 13.8 Å². The molecule has 5 nitrogen and oxygen atoms in total. The average Bonchev–Trinajstić information content (AvgIpc) is 2.00. The molecule has 1 atom stereocenters. The first-order valence-corrected chi connectivity index (χ1v) is 4.59. The molecule has 0 bridgehead atoms. The topological polar surface area (TPSA) is 75.6 Å². The van der Waals surface area contributed by atoms with E-state index in [1.807, 2.05) is 0 Å². The van der Waals surface area contributed by atoms with E-state index >= 15 is 0 Å². The molecular weight excluding hydrogens is 194 g/mol. The van der Waals surface area contributed by atoms with Crippen molar-refractivity contribution in [3.63, 3.8) is 0 Å². The number of nitrogens with one attached hydrogen (secondary N) is 1. The lowest BCUT2D eigenvalue weighted by Crippen LogP contribution is -2.46. The van der Waals surface area contributed by atoms with Crippen molar-refractivity contribution in [2.24, 2.45) is 0 Å². The molecule has 0 radical (unpaired) electrons. The van der Waals surface area contributed by atoms with Crippen molar-refractivity contribution in [3.05, 3.63) is 12.7 Å². The summed E-state index contributed by atoms with van der Waals surface area (Å²) >= 11 is -2.31. The fourth-order valence-electron chi connectivity index (χ4n) is 0.618. The fraction of sp³-hybridized carbons (Fsp3) is 0.571. The van der Waals surface area contributed by atoms with Crippen LogP contribution in [0.5, 0.6) is 0 Å². The molecule has 1 unspecified atom stereocenters. The van der Waals surface area contributed by atoms with Gasteiger partial charge in [-0.2, -0.15) is 4.21 Å². The summed E-state index contributed by atoms with van der Waals surface area (Å²) in [5.41, 5.74) is -0.691. The molecule has 13 heavy (non-hydrogen) atoms. The van der Waals surface area contributed by atoms with Gasteiger partial charge in [0.2, 0.25) is 5.91 Å². The van der Waals surface area contributed by atoms with Gasteiger partial charge in [-0.25, -0.2) is 0 Å². The Hall–Kier alpha value is -0.720. The molecule has 0 aliphatic heterocycles. The number of carbonyl (C=O) groups excluding carboxylic acids is 1. The van der Waals surface area contributed by atoms with E-state index in [4.69, 9.17) is 4.55 Å². The minimum Gasteiger partial charge on any atom is -0.345 e. The van der Waals surface area contributed by atoms with Crippen molar-refractivity contribution in [2.75, 3.05) is 6.61 Å². The Morgan fingerprint density at radius 2 is 2.31 bits per heavy atom. The van der Waals surface area contributed by atoms with Crippen LogP contribution >= 0.6 is 0 Å². The third-order valence-electron chi connectivity index (χ3n) is 1.17. The van der Waals surface area contributed by atoms with Crippen molar-refractivity contribution < 1.29 is 17.7 Å². The first kappa shape index (κ1) is 12.3. The summed E-state index contributed by atoms with van der Waals surface area (Å²) in [6, 6.07) is 0. The molecule has 0 fully saturated rings. The van der Waals surface area contributed by atoms with Crippen LogP contribution in [0.2, 0.25) is 0 Å². The molecule has 0 saturated heterocycles. The van der Waals surface area contributed by atoms with E-state index in [2.05, 4.69) is 16.1 Å². The molecule has 1 amide bonds. The zero-order valence-electron chi connectivity index (χ0n) is 7.57. The Kier molecular flexibility index (Phi) is 4.82.